The highest BCUT2D eigenvalue weighted by Crippen LogP contribution is 2.37. The summed E-state index contributed by atoms with van der Waals surface area (Å²) >= 11 is 1.33. The van der Waals surface area contributed by atoms with Crippen LogP contribution in [0.2, 0.25) is 0 Å². The van der Waals surface area contributed by atoms with Gasteiger partial charge in [-0.2, -0.15) is 4.31 Å². The smallest absolute Gasteiger partial charge is 0.244 e. The normalized spacial score (nSPS) is 13.8. The van der Waals surface area contributed by atoms with Gasteiger partial charge < -0.3 is 15.0 Å². The van der Waals surface area contributed by atoms with Crippen molar-refractivity contribution in [3.63, 3.8) is 0 Å². The summed E-state index contributed by atoms with van der Waals surface area (Å²) in [5.41, 5.74) is 0.913. The van der Waals surface area contributed by atoms with Crippen LogP contribution in [0.15, 0.2) is 52.3 Å². The van der Waals surface area contributed by atoms with E-state index in [0.29, 0.717) is 30.2 Å². The molecule has 10 heteroatoms. The molecule has 0 saturated heterocycles. The zero-order chi connectivity index (χ0) is 22.6. The molecule has 2 aromatic rings. The SMILES string of the molecule is CCN(CC)S(=O)(=O)c1ccc2c(c1)N(CC(=O)Nc1ccccc1OC)C(=O)CS2. The molecule has 0 aromatic heterocycles. The fourth-order valence-electron chi connectivity index (χ4n) is 3.31. The van der Waals surface area contributed by atoms with Crippen LogP contribution in [0.5, 0.6) is 5.75 Å². The molecule has 2 amide bonds. The number of hydrogen-bond donors (Lipinski definition) is 1. The lowest BCUT2D eigenvalue weighted by Crippen LogP contribution is -2.41. The first-order chi connectivity index (χ1) is 14.8. The van der Waals surface area contributed by atoms with Crippen molar-refractivity contribution in [1.82, 2.24) is 4.31 Å². The van der Waals surface area contributed by atoms with Gasteiger partial charge >= 0.3 is 0 Å². The average molecular weight is 464 g/mol. The number of rotatable bonds is 8. The van der Waals surface area contributed by atoms with Gasteiger partial charge in [0.15, 0.2) is 0 Å². The minimum Gasteiger partial charge on any atom is -0.495 e. The molecule has 0 unspecified atom stereocenters. The Morgan fingerprint density at radius 1 is 1.19 bits per heavy atom. The molecule has 1 heterocycles. The van der Waals surface area contributed by atoms with Crippen LogP contribution in [0.3, 0.4) is 0 Å². The first-order valence-electron chi connectivity index (χ1n) is 9.82. The number of nitrogens with one attached hydrogen (secondary N) is 1. The van der Waals surface area contributed by atoms with Crippen molar-refractivity contribution in [1.29, 1.82) is 0 Å². The summed E-state index contributed by atoms with van der Waals surface area (Å²) in [5.74, 6) is 0.0130. The molecule has 31 heavy (non-hydrogen) atoms. The highest BCUT2D eigenvalue weighted by molar-refractivity contribution is 8.00. The van der Waals surface area contributed by atoms with Crippen molar-refractivity contribution in [3.05, 3.63) is 42.5 Å². The molecule has 0 aliphatic carbocycles. The maximum Gasteiger partial charge on any atom is 0.244 e. The number of nitrogens with zero attached hydrogens (tertiary/aromatic N) is 2. The summed E-state index contributed by atoms with van der Waals surface area (Å²) in [6.45, 7) is 3.99. The highest BCUT2D eigenvalue weighted by Gasteiger charge is 2.30. The van der Waals surface area contributed by atoms with E-state index in [1.807, 2.05) is 0 Å². The number of benzene rings is 2. The van der Waals surface area contributed by atoms with Crippen LogP contribution in [0.4, 0.5) is 11.4 Å². The van der Waals surface area contributed by atoms with Crippen LogP contribution >= 0.6 is 11.8 Å². The van der Waals surface area contributed by atoms with Gasteiger partial charge in [0.1, 0.15) is 12.3 Å². The van der Waals surface area contributed by atoms with Crippen LogP contribution in [0.1, 0.15) is 13.8 Å². The Morgan fingerprint density at radius 3 is 2.58 bits per heavy atom. The molecule has 1 N–H and O–H groups in total. The monoisotopic (exact) mass is 463 g/mol. The Bertz CT molecular complexity index is 1080. The molecule has 1 aliphatic rings. The standard InChI is InChI=1S/C21H25N3O5S2/c1-4-23(5-2)31(27,28)15-10-11-19-17(12-15)24(21(26)14-30-19)13-20(25)22-16-8-6-7-9-18(16)29-3/h6-12H,4-5,13-14H2,1-3H3,(H,22,25). The maximum absolute atomic E-state index is 12.9. The summed E-state index contributed by atoms with van der Waals surface area (Å²) in [7, 11) is -2.19. The number of hydrogen-bond acceptors (Lipinski definition) is 6. The molecule has 2 aromatic carbocycles. The van der Waals surface area contributed by atoms with Gasteiger partial charge in [0.05, 0.1) is 29.1 Å². The van der Waals surface area contributed by atoms with Crippen molar-refractivity contribution in [2.24, 2.45) is 0 Å². The van der Waals surface area contributed by atoms with Gasteiger partial charge in [-0.3, -0.25) is 9.59 Å². The van der Waals surface area contributed by atoms with Crippen LogP contribution in [0.25, 0.3) is 0 Å². The van der Waals surface area contributed by atoms with Gasteiger partial charge in [-0.25, -0.2) is 8.42 Å². The summed E-state index contributed by atoms with van der Waals surface area (Å²) in [5, 5.41) is 2.75. The Hall–Kier alpha value is -2.56. The molecule has 0 radical (unpaired) electrons. The number of anilines is 2. The molecule has 8 nitrogen and oxygen atoms in total. The third kappa shape index (κ3) is 4.86. The number of methoxy groups -OCH3 is 1. The van der Waals surface area contributed by atoms with E-state index < -0.39 is 15.9 Å². The van der Waals surface area contributed by atoms with E-state index in [4.69, 9.17) is 4.74 Å². The quantitative estimate of drug-likeness (QED) is 0.647. The number of thioether (sulfide) groups is 1. The molecule has 3 rings (SSSR count). The lowest BCUT2D eigenvalue weighted by molar-refractivity contribution is -0.120. The van der Waals surface area contributed by atoms with E-state index in [2.05, 4.69) is 5.32 Å². The number of amides is 2. The van der Waals surface area contributed by atoms with Gasteiger partial charge in [-0.1, -0.05) is 26.0 Å². The average Bonchev–Trinajstić information content (AvgIpc) is 2.76. The van der Waals surface area contributed by atoms with Crippen molar-refractivity contribution in [2.45, 2.75) is 23.6 Å². The first-order valence-corrected chi connectivity index (χ1v) is 12.2. The minimum absolute atomic E-state index is 0.0976. The number of carbonyl (C=O) groups excluding carboxylic acids is 2. The molecule has 166 valence electrons. The Morgan fingerprint density at radius 2 is 1.90 bits per heavy atom. The van der Waals surface area contributed by atoms with Crippen molar-refractivity contribution >= 4 is 45.0 Å². The minimum atomic E-state index is -3.69. The van der Waals surface area contributed by atoms with Crippen LogP contribution < -0.4 is 15.0 Å². The Labute approximate surface area is 186 Å². The fourth-order valence-corrected chi connectivity index (χ4v) is 5.70. The van der Waals surface area contributed by atoms with E-state index >= 15 is 0 Å². The van der Waals surface area contributed by atoms with Gasteiger partial charge in [0, 0.05) is 18.0 Å². The third-order valence-electron chi connectivity index (χ3n) is 4.90. The van der Waals surface area contributed by atoms with Gasteiger partial charge in [0.25, 0.3) is 0 Å². The lowest BCUT2D eigenvalue weighted by Gasteiger charge is -2.29. The predicted octanol–water partition coefficient (Wildman–Crippen LogP) is 2.80. The first kappa shape index (κ1) is 23.1. The van der Waals surface area contributed by atoms with E-state index in [1.54, 1.807) is 50.2 Å². The van der Waals surface area contributed by atoms with Crippen LogP contribution in [-0.4, -0.2) is 57.0 Å². The summed E-state index contributed by atoms with van der Waals surface area (Å²) in [4.78, 5) is 27.5. The number of para-hydroxylation sites is 2. The summed E-state index contributed by atoms with van der Waals surface area (Å²) < 4.78 is 32.4. The predicted molar refractivity (Wildman–Crippen MR) is 121 cm³/mol. The number of sulfonamides is 1. The third-order valence-corrected chi connectivity index (χ3v) is 7.99. The van der Waals surface area contributed by atoms with Crippen molar-refractivity contribution in [2.75, 3.05) is 42.7 Å². The molecule has 0 bridgehead atoms. The second-order valence-corrected chi connectivity index (χ2v) is 9.69. The number of ether oxygens (including phenoxy) is 1. The zero-order valence-corrected chi connectivity index (χ0v) is 19.3. The van der Waals surface area contributed by atoms with Crippen LogP contribution in [-0.2, 0) is 19.6 Å². The van der Waals surface area contributed by atoms with Gasteiger partial charge in [-0.05, 0) is 30.3 Å². The molecule has 0 spiro atoms. The second kappa shape index (κ2) is 9.71. The molecule has 0 atom stereocenters. The van der Waals surface area contributed by atoms with E-state index in [0.717, 1.165) is 4.90 Å². The zero-order valence-electron chi connectivity index (χ0n) is 17.6. The summed E-state index contributed by atoms with van der Waals surface area (Å²) in [6, 6.07) is 11.7. The maximum atomic E-state index is 12.9. The van der Waals surface area contributed by atoms with Crippen molar-refractivity contribution < 1.29 is 22.7 Å². The molecule has 0 saturated carbocycles. The van der Waals surface area contributed by atoms with Crippen molar-refractivity contribution in [3.8, 4) is 5.75 Å². The van der Waals surface area contributed by atoms with Crippen LogP contribution in [0, 0.1) is 0 Å². The Balaban J connectivity index is 1.89. The summed E-state index contributed by atoms with van der Waals surface area (Å²) in [6.07, 6.45) is 0. The van der Waals surface area contributed by atoms with E-state index in [1.165, 1.54) is 34.1 Å². The topological polar surface area (TPSA) is 96.0 Å². The molecule has 0 fully saturated rings. The number of carbonyl (C=O) groups is 2. The fraction of sp³-hybridized carbons (Fsp3) is 0.333. The second-order valence-electron chi connectivity index (χ2n) is 6.74. The molecule has 1 aliphatic heterocycles. The lowest BCUT2D eigenvalue weighted by atomic mass is 10.2. The number of fused-ring (bicyclic) bond motifs is 1. The molecular formula is C21H25N3O5S2. The largest absolute Gasteiger partial charge is 0.495 e. The molecular weight excluding hydrogens is 438 g/mol. The Kier molecular flexibility index (Phi) is 7.24. The van der Waals surface area contributed by atoms with E-state index in [9.17, 15) is 18.0 Å². The van der Waals surface area contributed by atoms with Gasteiger partial charge in [0.2, 0.25) is 21.8 Å². The highest BCUT2D eigenvalue weighted by atomic mass is 32.2. The van der Waals surface area contributed by atoms with Gasteiger partial charge in [-0.15, -0.1) is 11.8 Å². The van der Waals surface area contributed by atoms with E-state index in [-0.39, 0.29) is 23.1 Å².